The number of rotatable bonds is 10. The van der Waals surface area contributed by atoms with Gasteiger partial charge in [-0.1, -0.05) is 18.2 Å². The maximum atomic E-state index is 12.5. The molecular weight excluding hydrogens is 468 g/mol. The van der Waals surface area contributed by atoms with E-state index < -0.39 is 5.97 Å². The van der Waals surface area contributed by atoms with Crippen molar-refractivity contribution in [2.24, 2.45) is 5.92 Å². The molecule has 0 atom stereocenters. The van der Waals surface area contributed by atoms with Crippen molar-refractivity contribution in [1.82, 2.24) is 15.0 Å². The molecule has 194 valence electrons. The summed E-state index contributed by atoms with van der Waals surface area (Å²) in [6.07, 6.45) is 7.35. The number of aliphatic carboxylic acids is 1. The summed E-state index contributed by atoms with van der Waals surface area (Å²) in [4.78, 5) is 38.7. The average molecular weight is 503 g/mol. The Balaban J connectivity index is 1.35. The SMILES string of the molecule is Cc1cc(Cc2cccnc2)ccc1N1CCC(Cc2nc(C)c(O)c(C(=O)CCCC(=O)O)n2)CC1. The van der Waals surface area contributed by atoms with Crippen LogP contribution >= 0.6 is 0 Å². The second-order valence-electron chi connectivity index (χ2n) is 9.89. The first kappa shape index (κ1) is 26.3. The predicted molar refractivity (Wildman–Crippen MR) is 141 cm³/mol. The molecular formula is C29H34N4O4. The maximum Gasteiger partial charge on any atom is 0.303 e. The zero-order valence-corrected chi connectivity index (χ0v) is 21.5. The van der Waals surface area contributed by atoms with Gasteiger partial charge >= 0.3 is 5.97 Å². The lowest BCUT2D eigenvalue weighted by Crippen LogP contribution is -2.35. The van der Waals surface area contributed by atoms with Gasteiger partial charge in [-0.3, -0.25) is 14.6 Å². The molecule has 37 heavy (non-hydrogen) atoms. The number of carboxylic acid groups (broad SMARTS) is 1. The fraction of sp³-hybridized carbons (Fsp3) is 0.414. The molecule has 3 heterocycles. The highest BCUT2D eigenvalue weighted by atomic mass is 16.4. The molecule has 2 aromatic heterocycles. The number of carbonyl (C=O) groups excluding carboxylic acids is 1. The highest BCUT2D eigenvalue weighted by Gasteiger charge is 2.24. The van der Waals surface area contributed by atoms with Gasteiger partial charge in [0.1, 0.15) is 5.82 Å². The summed E-state index contributed by atoms with van der Waals surface area (Å²) in [7, 11) is 0. The number of benzene rings is 1. The van der Waals surface area contributed by atoms with Crippen molar-refractivity contribution >= 4 is 17.4 Å². The van der Waals surface area contributed by atoms with E-state index in [-0.39, 0.29) is 36.5 Å². The summed E-state index contributed by atoms with van der Waals surface area (Å²) in [5, 5.41) is 19.1. The first-order valence-electron chi connectivity index (χ1n) is 12.8. The van der Waals surface area contributed by atoms with Crippen LogP contribution in [0.5, 0.6) is 5.75 Å². The maximum absolute atomic E-state index is 12.5. The van der Waals surface area contributed by atoms with Crippen LogP contribution in [0.3, 0.4) is 0 Å². The van der Waals surface area contributed by atoms with E-state index in [1.54, 1.807) is 13.1 Å². The molecule has 2 N–H and O–H groups in total. The van der Waals surface area contributed by atoms with Gasteiger partial charge in [0.15, 0.2) is 17.2 Å². The molecule has 0 aliphatic carbocycles. The molecule has 0 bridgehead atoms. The summed E-state index contributed by atoms with van der Waals surface area (Å²) in [6.45, 7) is 5.70. The number of Topliss-reactive ketones (excluding diaryl/α,β-unsaturated/α-hetero) is 1. The Kier molecular flexibility index (Phi) is 8.48. The lowest BCUT2D eigenvalue weighted by Gasteiger charge is -2.34. The van der Waals surface area contributed by atoms with Crippen LogP contribution in [-0.4, -0.2) is 50.0 Å². The zero-order chi connectivity index (χ0) is 26.4. The Hall–Kier alpha value is -3.81. The van der Waals surface area contributed by atoms with Gasteiger partial charge in [-0.05, 0) is 74.3 Å². The smallest absolute Gasteiger partial charge is 0.303 e. The van der Waals surface area contributed by atoms with Gasteiger partial charge in [0.05, 0.1) is 5.69 Å². The number of aromatic nitrogens is 3. The van der Waals surface area contributed by atoms with Crippen LogP contribution in [0.15, 0.2) is 42.7 Å². The van der Waals surface area contributed by atoms with Crippen LogP contribution in [0, 0.1) is 19.8 Å². The highest BCUT2D eigenvalue weighted by Crippen LogP contribution is 2.29. The minimum absolute atomic E-state index is 0.00678. The molecule has 8 heteroatoms. The molecule has 3 aromatic rings. The van der Waals surface area contributed by atoms with Gasteiger partial charge in [0, 0.05) is 50.4 Å². The highest BCUT2D eigenvalue weighted by molar-refractivity contribution is 5.97. The molecule has 8 nitrogen and oxygen atoms in total. The predicted octanol–water partition coefficient (Wildman–Crippen LogP) is 4.68. The molecule has 1 fully saturated rings. The Morgan fingerprint density at radius 1 is 1.05 bits per heavy atom. The van der Waals surface area contributed by atoms with Crippen LogP contribution in [0.4, 0.5) is 5.69 Å². The summed E-state index contributed by atoms with van der Waals surface area (Å²) in [5.74, 6) is -0.547. The van der Waals surface area contributed by atoms with Crippen LogP contribution < -0.4 is 4.90 Å². The van der Waals surface area contributed by atoms with Crippen molar-refractivity contribution in [3.05, 3.63) is 76.6 Å². The van der Waals surface area contributed by atoms with Crippen LogP contribution in [0.2, 0.25) is 0 Å². The Bertz CT molecular complexity index is 1250. The number of hydrogen-bond donors (Lipinski definition) is 2. The molecule has 1 aliphatic heterocycles. The van der Waals surface area contributed by atoms with Crippen molar-refractivity contribution in [3.8, 4) is 5.75 Å². The average Bonchev–Trinajstić information content (AvgIpc) is 2.87. The number of hydrogen-bond acceptors (Lipinski definition) is 7. The van der Waals surface area contributed by atoms with E-state index in [0.717, 1.165) is 32.4 Å². The van der Waals surface area contributed by atoms with Crippen molar-refractivity contribution in [2.75, 3.05) is 18.0 Å². The first-order valence-corrected chi connectivity index (χ1v) is 12.8. The molecule has 1 saturated heterocycles. The monoisotopic (exact) mass is 502 g/mol. The number of carbonyl (C=O) groups is 2. The van der Waals surface area contributed by atoms with Gasteiger partial charge in [-0.15, -0.1) is 0 Å². The molecule has 0 radical (unpaired) electrons. The Labute approximate surface area is 217 Å². The summed E-state index contributed by atoms with van der Waals surface area (Å²) in [6, 6.07) is 10.7. The number of ketones is 1. The molecule has 1 aromatic carbocycles. The molecule has 0 saturated carbocycles. The molecule has 1 aliphatic rings. The minimum atomic E-state index is -0.946. The number of aromatic hydroxyl groups is 1. The van der Waals surface area contributed by atoms with Gasteiger partial charge < -0.3 is 15.1 Å². The van der Waals surface area contributed by atoms with Crippen molar-refractivity contribution in [3.63, 3.8) is 0 Å². The van der Waals surface area contributed by atoms with Crippen molar-refractivity contribution < 1.29 is 19.8 Å². The van der Waals surface area contributed by atoms with E-state index in [9.17, 15) is 14.7 Å². The zero-order valence-electron chi connectivity index (χ0n) is 21.5. The summed E-state index contributed by atoms with van der Waals surface area (Å²) >= 11 is 0. The third kappa shape index (κ3) is 6.90. The van der Waals surface area contributed by atoms with E-state index in [0.29, 0.717) is 23.9 Å². The van der Waals surface area contributed by atoms with E-state index in [4.69, 9.17) is 5.11 Å². The number of carboxylic acids is 1. The number of aryl methyl sites for hydroxylation is 2. The molecule has 4 rings (SSSR count). The number of pyridine rings is 1. The summed E-state index contributed by atoms with van der Waals surface area (Å²) in [5.41, 5.74) is 5.39. The molecule has 0 unspecified atom stereocenters. The van der Waals surface area contributed by atoms with Gasteiger partial charge in [-0.2, -0.15) is 0 Å². The normalized spacial score (nSPS) is 14.1. The summed E-state index contributed by atoms with van der Waals surface area (Å²) < 4.78 is 0. The van der Waals surface area contributed by atoms with Gasteiger partial charge in [-0.25, -0.2) is 9.97 Å². The fourth-order valence-corrected chi connectivity index (χ4v) is 4.99. The fourth-order valence-electron chi connectivity index (χ4n) is 4.99. The van der Waals surface area contributed by atoms with Crippen LogP contribution in [0.25, 0.3) is 0 Å². The first-order chi connectivity index (χ1) is 17.8. The topological polar surface area (TPSA) is 117 Å². The number of nitrogens with zero attached hydrogens (tertiary/aromatic N) is 4. The van der Waals surface area contributed by atoms with Gasteiger partial charge in [0.25, 0.3) is 0 Å². The number of anilines is 1. The van der Waals surface area contributed by atoms with E-state index in [1.165, 1.54) is 22.4 Å². The van der Waals surface area contributed by atoms with E-state index >= 15 is 0 Å². The molecule has 0 amide bonds. The number of piperidine rings is 1. The van der Waals surface area contributed by atoms with E-state index in [2.05, 4.69) is 51.0 Å². The Morgan fingerprint density at radius 3 is 2.51 bits per heavy atom. The lowest BCUT2D eigenvalue weighted by molar-refractivity contribution is -0.137. The van der Waals surface area contributed by atoms with Crippen LogP contribution in [-0.2, 0) is 17.6 Å². The minimum Gasteiger partial charge on any atom is -0.504 e. The largest absolute Gasteiger partial charge is 0.504 e. The Morgan fingerprint density at radius 2 is 1.84 bits per heavy atom. The lowest BCUT2D eigenvalue weighted by atomic mass is 9.92. The van der Waals surface area contributed by atoms with E-state index in [1.807, 2.05) is 12.3 Å². The molecule has 0 spiro atoms. The second kappa shape index (κ2) is 12.0. The third-order valence-electron chi connectivity index (χ3n) is 6.98. The van der Waals surface area contributed by atoms with Crippen LogP contribution in [0.1, 0.15) is 70.8 Å². The van der Waals surface area contributed by atoms with Gasteiger partial charge in [0.2, 0.25) is 0 Å². The standard InChI is InChI=1S/C29H34N4O4/c1-19-15-22(16-23-5-4-12-30-18-23)8-9-24(19)33-13-10-21(11-14-33)17-26-31-20(2)29(37)28(32-26)25(34)6-3-7-27(35)36/h4-5,8-9,12,15,18,21,37H,3,6-7,10-11,13-14,16-17H2,1-2H3,(H,35,36). The quantitative estimate of drug-likeness (QED) is 0.384. The third-order valence-corrected chi connectivity index (χ3v) is 6.98. The van der Waals surface area contributed by atoms with Crippen molar-refractivity contribution in [2.45, 2.75) is 58.8 Å². The second-order valence-corrected chi connectivity index (χ2v) is 9.89. The van der Waals surface area contributed by atoms with Crippen molar-refractivity contribution in [1.29, 1.82) is 0 Å².